The Bertz CT molecular complexity index is 271. The third-order valence-corrected chi connectivity index (χ3v) is 5.26. The summed E-state index contributed by atoms with van der Waals surface area (Å²) in [5.74, 6) is 2.26. The molecule has 0 amide bonds. The van der Waals surface area contributed by atoms with Crippen LogP contribution in [0.15, 0.2) is 0 Å². The monoisotopic (exact) mass is 354 g/mol. The lowest BCUT2D eigenvalue weighted by Gasteiger charge is -2.05. The van der Waals surface area contributed by atoms with Gasteiger partial charge in [0.15, 0.2) is 0 Å². The fourth-order valence-corrected chi connectivity index (χ4v) is 3.67. The van der Waals surface area contributed by atoms with Crippen molar-refractivity contribution < 1.29 is 18.9 Å². The molecule has 0 spiro atoms. The molecule has 0 saturated carbocycles. The molecule has 2 N–H and O–H groups in total. The van der Waals surface area contributed by atoms with Crippen LogP contribution in [0.25, 0.3) is 0 Å². The zero-order chi connectivity index (χ0) is 16.5. The van der Waals surface area contributed by atoms with E-state index in [1.165, 1.54) is 70.0 Å². The van der Waals surface area contributed by atoms with Gasteiger partial charge in [0.2, 0.25) is 0 Å². The van der Waals surface area contributed by atoms with E-state index < -0.39 is 7.82 Å². The van der Waals surface area contributed by atoms with E-state index in [1.54, 1.807) is 0 Å². The first-order valence-electron chi connectivity index (χ1n) is 8.84. The second-order valence-electron chi connectivity index (χ2n) is 5.83. The summed E-state index contributed by atoms with van der Waals surface area (Å²) >= 11 is 1.94. The predicted molar refractivity (Wildman–Crippen MR) is 96.4 cm³/mol. The lowest BCUT2D eigenvalue weighted by Crippen LogP contribution is -1.93. The average Bonchev–Trinajstić information content (AvgIpc) is 2.45. The zero-order valence-electron chi connectivity index (χ0n) is 14.2. The van der Waals surface area contributed by atoms with Gasteiger partial charge in [-0.15, -0.1) is 0 Å². The maximum atomic E-state index is 10.4. The fourth-order valence-electron chi connectivity index (χ4n) is 2.28. The van der Waals surface area contributed by atoms with Crippen LogP contribution in [0.1, 0.15) is 84.0 Å². The zero-order valence-corrected chi connectivity index (χ0v) is 15.9. The number of unbranched alkanes of at least 4 members (excludes halogenated alkanes) is 10. The van der Waals surface area contributed by atoms with E-state index in [0.29, 0.717) is 0 Å². The minimum Gasteiger partial charge on any atom is -0.303 e. The summed E-state index contributed by atoms with van der Waals surface area (Å²) in [5.41, 5.74) is 0. The van der Waals surface area contributed by atoms with Gasteiger partial charge in [0.1, 0.15) is 0 Å². The Hall–Kier alpha value is 0.460. The molecular weight excluding hydrogens is 319 g/mol. The Morgan fingerprint density at radius 1 is 0.773 bits per heavy atom. The molecule has 0 saturated heterocycles. The largest absolute Gasteiger partial charge is 0.469 e. The van der Waals surface area contributed by atoms with Crippen molar-refractivity contribution in [3.05, 3.63) is 0 Å². The second-order valence-corrected chi connectivity index (χ2v) is 8.29. The van der Waals surface area contributed by atoms with Gasteiger partial charge in [0.05, 0.1) is 6.61 Å². The third-order valence-electron chi connectivity index (χ3n) is 3.58. The minimum atomic E-state index is -4.26. The third kappa shape index (κ3) is 20.5. The van der Waals surface area contributed by atoms with Gasteiger partial charge in [-0.1, -0.05) is 64.7 Å². The van der Waals surface area contributed by atoms with Crippen LogP contribution in [0.3, 0.4) is 0 Å². The Balaban J connectivity index is 3.01. The Morgan fingerprint density at radius 2 is 1.23 bits per heavy atom. The molecule has 22 heavy (non-hydrogen) atoms. The number of hydrogen-bond donors (Lipinski definition) is 2. The van der Waals surface area contributed by atoms with E-state index in [2.05, 4.69) is 11.4 Å². The van der Waals surface area contributed by atoms with Gasteiger partial charge >= 0.3 is 7.82 Å². The molecule has 0 heterocycles. The van der Waals surface area contributed by atoms with Crippen LogP contribution in [0.5, 0.6) is 0 Å². The van der Waals surface area contributed by atoms with Crippen molar-refractivity contribution in [1.82, 2.24) is 0 Å². The predicted octanol–water partition coefficient (Wildman–Crippen LogP) is 5.53. The molecule has 0 aromatic rings. The normalized spacial score (nSPS) is 12.0. The summed E-state index contributed by atoms with van der Waals surface area (Å²) < 4.78 is 14.8. The molecule has 0 unspecified atom stereocenters. The second kappa shape index (κ2) is 16.3. The van der Waals surface area contributed by atoms with Gasteiger partial charge in [-0.25, -0.2) is 4.57 Å². The summed E-state index contributed by atoms with van der Waals surface area (Å²) in [6.45, 7) is 2.41. The number of thioether (sulfide) groups is 1. The van der Waals surface area contributed by atoms with E-state index in [1.807, 2.05) is 11.8 Å². The molecule has 0 atom stereocenters. The molecular formula is C16H35O4PS. The summed E-state index contributed by atoms with van der Waals surface area (Å²) in [6.07, 6.45) is 15.4. The van der Waals surface area contributed by atoms with Crippen molar-refractivity contribution in [2.75, 3.05) is 18.1 Å². The van der Waals surface area contributed by atoms with Gasteiger partial charge in [0, 0.05) is 0 Å². The quantitative estimate of drug-likeness (QED) is 0.265. The maximum absolute atomic E-state index is 10.4. The number of phosphoric ester groups is 1. The molecule has 0 bridgehead atoms. The van der Waals surface area contributed by atoms with Crippen molar-refractivity contribution in [2.45, 2.75) is 84.0 Å². The molecule has 0 radical (unpaired) electrons. The van der Waals surface area contributed by atoms with Gasteiger partial charge in [-0.2, -0.15) is 11.8 Å². The molecule has 0 aromatic carbocycles. The molecule has 0 aliphatic heterocycles. The topological polar surface area (TPSA) is 66.8 Å². The SMILES string of the molecule is CCCCCCCCCCCCSCCCCOP(=O)(O)O. The van der Waals surface area contributed by atoms with Crippen LogP contribution in [0, 0.1) is 0 Å². The van der Waals surface area contributed by atoms with Crippen molar-refractivity contribution >= 4 is 19.6 Å². The van der Waals surface area contributed by atoms with Crippen LogP contribution < -0.4 is 0 Å². The van der Waals surface area contributed by atoms with Crippen LogP contribution in [0.2, 0.25) is 0 Å². The van der Waals surface area contributed by atoms with Crippen molar-refractivity contribution in [1.29, 1.82) is 0 Å². The maximum Gasteiger partial charge on any atom is 0.469 e. The Morgan fingerprint density at radius 3 is 1.73 bits per heavy atom. The van der Waals surface area contributed by atoms with Crippen LogP contribution in [-0.2, 0) is 9.09 Å². The van der Waals surface area contributed by atoms with E-state index in [9.17, 15) is 4.57 Å². The first kappa shape index (κ1) is 22.5. The highest BCUT2D eigenvalue weighted by Gasteiger charge is 2.12. The molecule has 0 fully saturated rings. The minimum absolute atomic E-state index is 0.156. The smallest absolute Gasteiger partial charge is 0.303 e. The van der Waals surface area contributed by atoms with Gasteiger partial charge in [0.25, 0.3) is 0 Å². The van der Waals surface area contributed by atoms with Crippen molar-refractivity contribution in [3.63, 3.8) is 0 Å². The standard InChI is InChI=1S/C16H35O4PS/c1-2-3-4-5-6-7-8-9-10-12-15-22-16-13-11-14-20-21(17,18)19/h2-16H2,1H3,(H2,17,18,19). The first-order valence-corrected chi connectivity index (χ1v) is 11.5. The van der Waals surface area contributed by atoms with E-state index >= 15 is 0 Å². The van der Waals surface area contributed by atoms with E-state index in [4.69, 9.17) is 9.79 Å². The first-order chi connectivity index (χ1) is 10.6. The number of rotatable bonds is 17. The number of phosphoric acid groups is 1. The Kier molecular flexibility index (Phi) is 16.7. The fraction of sp³-hybridized carbons (Fsp3) is 1.00. The molecule has 0 rings (SSSR count). The molecule has 0 aromatic heterocycles. The molecule has 0 aliphatic carbocycles. The van der Waals surface area contributed by atoms with Gasteiger partial charge < -0.3 is 9.79 Å². The molecule has 4 nitrogen and oxygen atoms in total. The highest BCUT2D eigenvalue weighted by molar-refractivity contribution is 7.99. The van der Waals surface area contributed by atoms with Crippen molar-refractivity contribution in [2.24, 2.45) is 0 Å². The van der Waals surface area contributed by atoms with E-state index in [0.717, 1.165) is 18.6 Å². The molecule has 0 aliphatic rings. The lowest BCUT2D eigenvalue weighted by molar-refractivity contribution is 0.195. The average molecular weight is 354 g/mol. The van der Waals surface area contributed by atoms with Crippen LogP contribution in [-0.4, -0.2) is 27.9 Å². The highest BCUT2D eigenvalue weighted by atomic mass is 32.2. The van der Waals surface area contributed by atoms with Crippen molar-refractivity contribution in [3.8, 4) is 0 Å². The summed E-state index contributed by atoms with van der Waals surface area (Å²) in [4.78, 5) is 17.0. The van der Waals surface area contributed by atoms with Gasteiger partial charge in [-0.05, 0) is 30.8 Å². The van der Waals surface area contributed by atoms with Gasteiger partial charge in [-0.3, -0.25) is 4.52 Å². The van der Waals surface area contributed by atoms with Crippen LogP contribution in [0.4, 0.5) is 0 Å². The highest BCUT2D eigenvalue weighted by Crippen LogP contribution is 2.35. The lowest BCUT2D eigenvalue weighted by atomic mass is 10.1. The van der Waals surface area contributed by atoms with E-state index in [-0.39, 0.29) is 6.61 Å². The Labute approximate surface area is 141 Å². The summed E-state index contributed by atoms with van der Waals surface area (Å²) in [5, 5.41) is 0. The van der Waals surface area contributed by atoms with Crippen LogP contribution >= 0.6 is 19.6 Å². The molecule has 134 valence electrons. The summed E-state index contributed by atoms with van der Waals surface area (Å²) in [7, 11) is -4.26. The number of hydrogen-bond acceptors (Lipinski definition) is 3. The molecule has 6 heteroatoms. The summed E-state index contributed by atoms with van der Waals surface area (Å²) in [6, 6.07) is 0.